The minimum Gasteiger partial charge on any atom is -0.356 e. The Balaban J connectivity index is 2.03. The molecule has 22 heavy (non-hydrogen) atoms. The second kappa shape index (κ2) is 6.67. The van der Waals surface area contributed by atoms with Gasteiger partial charge in [-0.1, -0.05) is 0 Å². The Kier molecular flexibility index (Phi) is 4.89. The number of amides is 2. The van der Waals surface area contributed by atoms with E-state index < -0.39 is 5.69 Å². The fraction of sp³-hybridized carbons (Fsp3) is 0.643. The summed E-state index contributed by atoms with van der Waals surface area (Å²) >= 11 is 0. The van der Waals surface area contributed by atoms with Crippen LogP contribution in [0.3, 0.4) is 0 Å². The zero-order valence-electron chi connectivity index (χ0n) is 13.3. The molecule has 8 heteroatoms. The first-order chi connectivity index (χ1) is 10.5. The highest BCUT2D eigenvalue weighted by Crippen LogP contribution is 2.15. The van der Waals surface area contributed by atoms with E-state index in [1.807, 2.05) is 18.7 Å². The number of hydrogen-bond donors (Lipinski definition) is 2. The lowest BCUT2D eigenvalue weighted by Gasteiger charge is -2.23. The van der Waals surface area contributed by atoms with Crippen molar-refractivity contribution < 1.29 is 4.79 Å². The molecule has 1 aliphatic heterocycles. The van der Waals surface area contributed by atoms with Gasteiger partial charge in [-0.05, 0) is 20.3 Å². The average molecular weight is 309 g/mol. The highest BCUT2D eigenvalue weighted by Gasteiger charge is 2.26. The number of rotatable bonds is 4. The second-order valence-electron chi connectivity index (χ2n) is 5.41. The van der Waals surface area contributed by atoms with Crippen molar-refractivity contribution in [1.29, 1.82) is 0 Å². The zero-order chi connectivity index (χ0) is 16.3. The highest BCUT2D eigenvalue weighted by molar-refractivity contribution is 5.74. The third kappa shape index (κ3) is 3.32. The van der Waals surface area contributed by atoms with E-state index >= 15 is 0 Å². The molecule has 1 aliphatic rings. The van der Waals surface area contributed by atoms with Crippen molar-refractivity contribution in [3.63, 3.8) is 0 Å². The minimum absolute atomic E-state index is 0.0145. The number of anilines is 1. The highest BCUT2D eigenvalue weighted by atomic mass is 16.2. The number of nitrogens with zero attached hydrogens (tertiary/aromatic N) is 3. The van der Waals surface area contributed by atoms with Crippen molar-refractivity contribution in [2.75, 3.05) is 31.1 Å². The number of H-pyrrole nitrogens is 1. The molecule has 2 heterocycles. The molecular formula is C14H23N5O3. The molecule has 2 N–H and O–H groups in total. The number of carbonyl (C=O) groups excluding carboxylic acids is 1. The first kappa shape index (κ1) is 16.1. The van der Waals surface area contributed by atoms with Crippen LogP contribution in [0, 0.1) is 0 Å². The maximum Gasteiger partial charge on any atom is 0.329 e. The third-order valence-corrected chi connectivity index (χ3v) is 4.04. The molecule has 1 aromatic rings. The molecule has 0 saturated carbocycles. The summed E-state index contributed by atoms with van der Waals surface area (Å²) in [5.41, 5.74) is -0.771. The Morgan fingerprint density at radius 2 is 2.09 bits per heavy atom. The van der Waals surface area contributed by atoms with E-state index in [-0.39, 0.29) is 17.6 Å². The van der Waals surface area contributed by atoms with E-state index in [0.717, 1.165) is 11.0 Å². The summed E-state index contributed by atoms with van der Waals surface area (Å²) in [5.74, 6) is 0.507. The van der Waals surface area contributed by atoms with Crippen molar-refractivity contribution in [2.45, 2.75) is 26.3 Å². The Bertz CT molecular complexity index is 615. The number of aromatic amines is 1. The van der Waals surface area contributed by atoms with E-state index in [2.05, 4.69) is 10.3 Å². The second-order valence-corrected chi connectivity index (χ2v) is 5.41. The van der Waals surface area contributed by atoms with Gasteiger partial charge in [-0.3, -0.25) is 14.3 Å². The Labute approximate surface area is 128 Å². The molecule has 0 radical (unpaired) electrons. The molecule has 1 atom stereocenters. The molecule has 0 unspecified atom stereocenters. The maximum atomic E-state index is 12.0. The Hall–Kier alpha value is -2.25. The first-order valence-electron chi connectivity index (χ1n) is 7.57. The van der Waals surface area contributed by atoms with Crippen LogP contribution in [-0.4, -0.2) is 52.7 Å². The van der Waals surface area contributed by atoms with Gasteiger partial charge in [0.05, 0.1) is 0 Å². The van der Waals surface area contributed by atoms with Crippen LogP contribution in [-0.2, 0) is 7.05 Å². The topological polar surface area (TPSA) is 90.4 Å². The standard InChI is InChI=1S/C14H23N5O3/c1-4-18(5-2)14(22)15-10-6-7-19(9-10)11-8-12(20)17(3)13(21)16-11/h8,10H,4-7,9H2,1-3H3,(H,15,22)(H,16,21)/t10-/m0/s1. The smallest absolute Gasteiger partial charge is 0.329 e. The molecule has 1 fully saturated rings. The van der Waals surface area contributed by atoms with Gasteiger partial charge in [0.1, 0.15) is 5.82 Å². The zero-order valence-corrected chi connectivity index (χ0v) is 13.3. The van der Waals surface area contributed by atoms with Crippen LogP contribution in [0.4, 0.5) is 10.6 Å². The van der Waals surface area contributed by atoms with Crippen LogP contribution in [0.1, 0.15) is 20.3 Å². The average Bonchev–Trinajstić information content (AvgIpc) is 2.94. The largest absolute Gasteiger partial charge is 0.356 e. The fourth-order valence-corrected chi connectivity index (χ4v) is 2.59. The van der Waals surface area contributed by atoms with E-state index in [9.17, 15) is 14.4 Å². The van der Waals surface area contributed by atoms with Crippen LogP contribution in [0.25, 0.3) is 0 Å². The molecular weight excluding hydrogens is 286 g/mol. The molecule has 0 aromatic carbocycles. The van der Waals surface area contributed by atoms with E-state index in [1.54, 1.807) is 4.90 Å². The van der Waals surface area contributed by atoms with Gasteiger partial charge in [0.25, 0.3) is 5.56 Å². The molecule has 0 bridgehead atoms. The molecule has 2 amide bonds. The summed E-state index contributed by atoms with van der Waals surface area (Å²) < 4.78 is 1.03. The molecule has 122 valence electrons. The van der Waals surface area contributed by atoms with Gasteiger partial charge in [0, 0.05) is 45.3 Å². The summed E-state index contributed by atoms with van der Waals surface area (Å²) in [5, 5.41) is 2.99. The molecule has 8 nitrogen and oxygen atoms in total. The minimum atomic E-state index is -0.432. The van der Waals surface area contributed by atoms with Crippen molar-refractivity contribution >= 4 is 11.8 Å². The molecule has 0 aliphatic carbocycles. The predicted molar refractivity (Wildman–Crippen MR) is 84.4 cm³/mol. The number of urea groups is 1. The van der Waals surface area contributed by atoms with Gasteiger partial charge < -0.3 is 15.1 Å². The summed E-state index contributed by atoms with van der Waals surface area (Å²) in [4.78, 5) is 41.7. The number of aromatic nitrogens is 2. The van der Waals surface area contributed by atoms with Crippen molar-refractivity contribution in [1.82, 2.24) is 19.8 Å². The van der Waals surface area contributed by atoms with Crippen molar-refractivity contribution in [3.05, 3.63) is 26.9 Å². The van der Waals surface area contributed by atoms with Crippen LogP contribution in [0.15, 0.2) is 15.7 Å². The lowest BCUT2D eigenvalue weighted by atomic mass is 10.3. The van der Waals surface area contributed by atoms with Crippen molar-refractivity contribution in [3.8, 4) is 0 Å². The van der Waals surface area contributed by atoms with Gasteiger partial charge in [-0.2, -0.15) is 0 Å². The van der Waals surface area contributed by atoms with Crippen LogP contribution in [0.2, 0.25) is 0 Å². The SMILES string of the molecule is CCN(CC)C(=O)N[C@H]1CCN(c2cc(=O)n(C)c(=O)[nH]2)C1. The summed E-state index contributed by atoms with van der Waals surface area (Å²) in [6, 6.07) is 1.35. The molecule has 2 rings (SSSR count). The van der Waals surface area contributed by atoms with E-state index in [0.29, 0.717) is 32.0 Å². The van der Waals surface area contributed by atoms with Crippen LogP contribution >= 0.6 is 0 Å². The van der Waals surface area contributed by atoms with E-state index in [4.69, 9.17) is 0 Å². The quantitative estimate of drug-likeness (QED) is 0.799. The van der Waals surface area contributed by atoms with Crippen molar-refractivity contribution in [2.24, 2.45) is 7.05 Å². The summed E-state index contributed by atoms with van der Waals surface area (Å²) in [7, 11) is 1.43. The number of carbonyl (C=O) groups is 1. The lowest BCUT2D eigenvalue weighted by molar-refractivity contribution is 0.200. The van der Waals surface area contributed by atoms with Gasteiger partial charge in [0.15, 0.2) is 0 Å². The van der Waals surface area contributed by atoms with Gasteiger partial charge >= 0.3 is 11.7 Å². The molecule has 0 spiro atoms. The van der Waals surface area contributed by atoms with Crippen LogP contribution in [0.5, 0.6) is 0 Å². The lowest BCUT2D eigenvalue weighted by Crippen LogP contribution is -2.45. The predicted octanol–water partition coefficient (Wildman–Crippen LogP) is -0.296. The Morgan fingerprint density at radius 3 is 2.68 bits per heavy atom. The third-order valence-electron chi connectivity index (χ3n) is 4.04. The van der Waals surface area contributed by atoms with Gasteiger partial charge in [-0.25, -0.2) is 9.59 Å². The van der Waals surface area contributed by atoms with Gasteiger partial charge in [-0.15, -0.1) is 0 Å². The Morgan fingerprint density at radius 1 is 1.41 bits per heavy atom. The fourth-order valence-electron chi connectivity index (χ4n) is 2.59. The van der Waals surface area contributed by atoms with Gasteiger partial charge in [0.2, 0.25) is 0 Å². The van der Waals surface area contributed by atoms with Crippen LogP contribution < -0.4 is 21.5 Å². The monoisotopic (exact) mass is 309 g/mol. The molecule has 1 saturated heterocycles. The summed E-state index contributed by atoms with van der Waals surface area (Å²) in [6.07, 6.45) is 0.782. The first-order valence-corrected chi connectivity index (χ1v) is 7.57. The van der Waals surface area contributed by atoms with E-state index in [1.165, 1.54) is 13.1 Å². The molecule has 1 aromatic heterocycles. The number of nitrogens with one attached hydrogen (secondary N) is 2. The normalized spacial score (nSPS) is 17.6. The maximum absolute atomic E-state index is 12.0. The number of hydrogen-bond acceptors (Lipinski definition) is 4. The summed E-state index contributed by atoms with van der Waals surface area (Å²) in [6.45, 7) is 6.48.